The third-order valence-corrected chi connectivity index (χ3v) is 10.6. The molecule has 3 heterocycles. The number of methoxy groups -OCH3 is 1. The number of benzene rings is 5. The predicted octanol–water partition coefficient (Wildman–Crippen LogP) is 6.87. The van der Waals surface area contributed by atoms with E-state index in [1.165, 1.54) is 7.11 Å². The third-order valence-electron chi connectivity index (χ3n) is 10.6. The summed E-state index contributed by atoms with van der Waals surface area (Å²) in [5.74, 6) is -2.23. The van der Waals surface area contributed by atoms with Gasteiger partial charge in [0.2, 0.25) is 0 Å². The van der Waals surface area contributed by atoms with E-state index in [2.05, 4.69) is 0 Å². The quantitative estimate of drug-likeness (QED) is 0.0850. The second-order valence-electron chi connectivity index (χ2n) is 14.7. The van der Waals surface area contributed by atoms with E-state index in [1.54, 1.807) is 91.0 Å². The molecule has 5 aromatic carbocycles. The molecule has 0 amide bonds. The largest absolute Gasteiger partial charge is 0.452 e. The first-order chi connectivity index (χ1) is 29.9. The van der Waals surface area contributed by atoms with Crippen LogP contribution in [0.2, 0.25) is 0 Å². The molecule has 13 heteroatoms. The number of hydrogen-bond acceptors (Lipinski definition) is 13. The van der Waals surface area contributed by atoms with Crippen molar-refractivity contribution >= 4 is 17.9 Å². The van der Waals surface area contributed by atoms with E-state index in [0.717, 1.165) is 11.1 Å². The summed E-state index contributed by atoms with van der Waals surface area (Å²) in [5.41, 5.74) is 2.53. The molecule has 10 atom stereocenters. The lowest BCUT2D eigenvalue weighted by Gasteiger charge is -2.46. The maximum atomic E-state index is 13.8. The smallest absolute Gasteiger partial charge is 0.338 e. The van der Waals surface area contributed by atoms with Crippen molar-refractivity contribution in [1.29, 1.82) is 0 Å². The van der Waals surface area contributed by atoms with Gasteiger partial charge in [-0.1, -0.05) is 115 Å². The average molecular weight is 831 g/mol. The maximum absolute atomic E-state index is 13.8. The molecular formula is C48H46O13. The van der Waals surface area contributed by atoms with Gasteiger partial charge in [-0.3, -0.25) is 0 Å². The van der Waals surface area contributed by atoms with Gasteiger partial charge in [0.15, 0.2) is 37.2 Å². The molecule has 316 valence electrons. The summed E-state index contributed by atoms with van der Waals surface area (Å²) in [7, 11) is 1.36. The Morgan fingerprint density at radius 1 is 0.574 bits per heavy atom. The van der Waals surface area contributed by atoms with Gasteiger partial charge in [-0.15, -0.1) is 0 Å². The third kappa shape index (κ3) is 10.4. The minimum Gasteiger partial charge on any atom is -0.452 e. The van der Waals surface area contributed by atoms with Crippen molar-refractivity contribution in [3.8, 4) is 0 Å². The molecule has 0 aliphatic carbocycles. The Bertz CT molecular complexity index is 2160. The number of fused-ring (bicyclic) bond motifs is 1. The fraction of sp³-hybridized carbons (Fsp3) is 0.312. The van der Waals surface area contributed by atoms with Gasteiger partial charge < -0.3 is 47.4 Å². The Hall–Kier alpha value is -5.77. The first kappa shape index (κ1) is 41.9. The van der Waals surface area contributed by atoms with E-state index in [4.69, 9.17) is 47.4 Å². The fourth-order valence-corrected chi connectivity index (χ4v) is 7.50. The number of esters is 3. The Balaban J connectivity index is 1.06. The topological polar surface area (TPSA) is 144 Å². The molecule has 61 heavy (non-hydrogen) atoms. The minimum absolute atomic E-state index is 0.199. The van der Waals surface area contributed by atoms with Gasteiger partial charge in [-0.05, 0) is 42.0 Å². The maximum Gasteiger partial charge on any atom is 0.338 e. The molecule has 0 N–H and O–H groups in total. The highest BCUT2D eigenvalue weighted by Crippen LogP contribution is 2.37. The van der Waals surface area contributed by atoms with E-state index >= 15 is 0 Å². The van der Waals surface area contributed by atoms with E-state index in [0.29, 0.717) is 6.61 Å². The highest BCUT2D eigenvalue weighted by Gasteiger charge is 2.54. The Labute approximate surface area is 353 Å². The van der Waals surface area contributed by atoms with Gasteiger partial charge in [-0.25, -0.2) is 14.4 Å². The molecule has 3 fully saturated rings. The van der Waals surface area contributed by atoms with Crippen LogP contribution in [0.25, 0.3) is 0 Å². The Morgan fingerprint density at radius 2 is 1.08 bits per heavy atom. The van der Waals surface area contributed by atoms with Crippen molar-refractivity contribution in [3.05, 3.63) is 179 Å². The molecule has 5 aromatic rings. The summed E-state index contributed by atoms with van der Waals surface area (Å²) in [6.45, 7) is 0.273. The molecule has 0 bridgehead atoms. The molecule has 0 saturated carbocycles. The monoisotopic (exact) mass is 830 g/mol. The lowest BCUT2D eigenvalue weighted by atomic mass is 9.97. The van der Waals surface area contributed by atoms with Crippen molar-refractivity contribution in [3.63, 3.8) is 0 Å². The summed E-state index contributed by atoms with van der Waals surface area (Å²) >= 11 is 0. The number of ether oxygens (including phenoxy) is 10. The van der Waals surface area contributed by atoms with Crippen LogP contribution in [0.3, 0.4) is 0 Å². The highest BCUT2D eigenvalue weighted by atomic mass is 16.8. The van der Waals surface area contributed by atoms with Crippen molar-refractivity contribution in [2.75, 3.05) is 20.3 Å². The summed E-state index contributed by atoms with van der Waals surface area (Å²) in [5, 5.41) is 0. The SMILES string of the molecule is CO[C@H]1O[C@H](CO[C@H]2C[C@@H](OCc3ccccc3)[C@@H]3O[C@H](c4ccccc4)OC[C@H]3O2)[C@@H](OC(=O)c2ccccc2)[C@H](OC(=O)c2ccccc2)[C@@H]1OC(=O)c1ccccc1. The first-order valence-corrected chi connectivity index (χ1v) is 20.1. The Kier molecular flexibility index (Phi) is 13.9. The highest BCUT2D eigenvalue weighted by molar-refractivity contribution is 5.91. The van der Waals surface area contributed by atoms with Crippen LogP contribution in [0.4, 0.5) is 0 Å². The molecule has 13 nitrogen and oxygen atoms in total. The second-order valence-corrected chi connectivity index (χ2v) is 14.7. The van der Waals surface area contributed by atoms with Crippen molar-refractivity contribution in [2.45, 2.75) is 74.6 Å². The van der Waals surface area contributed by atoms with Gasteiger partial charge >= 0.3 is 17.9 Å². The molecule has 3 aliphatic heterocycles. The number of rotatable bonds is 14. The minimum atomic E-state index is -1.44. The molecule has 3 saturated heterocycles. The van der Waals surface area contributed by atoms with Crippen LogP contribution in [-0.2, 0) is 54.0 Å². The second kappa shape index (κ2) is 20.2. The summed E-state index contributed by atoms with van der Waals surface area (Å²) in [4.78, 5) is 41.2. The predicted molar refractivity (Wildman–Crippen MR) is 217 cm³/mol. The van der Waals surface area contributed by atoms with E-state index in [9.17, 15) is 14.4 Å². The van der Waals surface area contributed by atoms with E-state index in [-0.39, 0.29) is 36.3 Å². The summed E-state index contributed by atoms with van der Waals surface area (Å²) in [6.07, 6.45) is -9.40. The van der Waals surface area contributed by atoms with Crippen LogP contribution in [-0.4, -0.2) is 93.5 Å². The van der Waals surface area contributed by atoms with Gasteiger partial charge in [0.25, 0.3) is 0 Å². The number of carbonyl (C=O) groups is 3. The molecule has 3 aliphatic rings. The normalized spacial score (nSPS) is 27.2. The van der Waals surface area contributed by atoms with Crippen LogP contribution < -0.4 is 0 Å². The van der Waals surface area contributed by atoms with Crippen LogP contribution in [0.5, 0.6) is 0 Å². The fourth-order valence-electron chi connectivity index (χ4n) is 7.50. The van der Waals surface area contributed by atoms with Gasteiger partial charge in [0.05, 0.1) is 42.6 Å². The molecular weight excluding hydrogens is 785 g/mol. The molecule has 0 spiro atoms. The number of carbonyl (C=O) groups excluding carboxylic acids is 3. The Morgan fingerprint density at radius 3 is 1.64 bits per heavy atom. The lowest BCUT2D eigenvalue weighted by molar-refractivity contribution is -0.349. The van der Waals surface area contributed by atoms with Crippen molar-refractivity contribution in [2.24, 2.45) is 0 Å². The van der Waals surface area contributed by atoms with Crippen LogP contribution >= 0.6 is 0 Å². The first-order valence-electron chi connectivity index (χ1n) is 20.1. The van der Waals surface area contributed by atoms with Gasteiger partial charge in [0.1, 0.15) is 18.3 Å². The van der Waals surface area contributed by atoms with Gasteiger partial charge in [0, 0.05) is 19.1 Å². The zero-order valence-corrected chi connectivity index (χ0v) is 33.3. The molecule has 0 aromatic heterocycles. The van der Waals surface area contributed by atoms with E-state index in [1.807, 2.05) is 60.7 Å². The average Bonchev–Trinajstić information content (AvgIpc) is 3.32. The van der Waals surface area contributed by atoms with Crippen LogP contribution in [0.1, 0.15) is 54.9 Å². The zero-order valence-electron chi connectivity index (χ0n) is 33.3. The zero-order chi connectivity index (χ0) is 42.0. The van der Waals surface area contributed by atoms with Crippen molar-refractivity contribution in [1.82, 2.24) is 0 Å². The lowest BCUT2D eigenvalue weighted by Crippen LogP contribution is -2.63. The standard InChI is InChI=1S/C48H46O13/c1-52-48-43(60-46(51)34-23-13-5-14-24-34)42(59-45(50)33-21-11-4-12-22-33)41(58-44(49)32-19-9-3-10-20-32)38(57-48)29-54-39-27-36(53-28-31-17-7-2-8-18-31)40-37(56-39)30-55-47(61-40)35-25-15-6-16-26-35/h2-26,36-43,47-48H,27-30H2,1H3/t36-,37-,38-,39-,40+,41-,42+,43+,47-,48+/m1/s1. The summed E-state index contributed by atoms with van der Waals surface area (Å²) < 4.78 is 62.6. The van der Waals surface area contributed by atoms with Crippen LogP contribution in [0, 0.1) is 0 Å². The number of hydrogen-bond donors (Lipinski definition) is 0. The molecule has 0 unspecified atom stereocenters. The van der Waals surface area contributed by atoms with Crippen molar-refractivity contribution < 1.29 is 61.8 Å². The van der Waals surface area contributed by atoms with E-state index < -0.39 is 79.5 Å². The summed E-state index contributed by atoms with van der Waals surface area (Å²) in [6, 6.07) is 44.4. The molecule has 0 radical (unpaired) electrons. The van der Waals surface area contributed by atoms with Gasteiger partial charge in [-0.2, -0.15) is 0 Å². The molecule has 8 rings (SSSR count). The van der Waals surface area contributed by atoms with Crippen LogP contribution in [0.15, 0.2) is 152 Å².